The first kappa shape index (κ1) is 14.6. The van der Waals surface area contributed by atoms with Crippen LogP contribution in [-0.4, -0.2) is 11.1 Å². The number of carboxylic acid groups (broad SMARTS) is 1. The molecule has 62 valence electrons. The molecule has 0 saturated carbocycles. The molecule has 0 spiro atoms. The number of rotatable bonds is 4. The average molecular weight is 184 g/mol. The van der Waals surface area contributed by atoms with Crippen LogP contribution >= 0.6 is 0 Å². The molecule has 0 fully saturated rings. The standard InChI is InChI=1S/C8H16O2.K.H/c1-4-8(2,3)6-5-7(9)10;;/h4-6H2,1-3H3,(H,9,10);;/q;+1;-1. The van der Waals surface area contributed by atoms with Crippen molar-refractivity contribution in [2.45, 2.75) is 40.0 Å². The van der Waals surface area contributed by atoms with Gasteiger partial charge < -0.3 is 6.53 Å². The first-order valence-electron chi connectivity index (χ1n) is 3.70. The Labute approximate surface area is 113 Å². The van der Waals surface area contributed by atoms with Gasteiger partial charge in [-0.1, -0.05) is 27.2 Å². The first-order chi connectivity index (χ1) is 4.48. The molecule has 11 heavy (non-hydrogen) atoms. The summed E-state index contributed by atoms with van der Waals surface area (Å²) in [6.07, 6.45) is 2.11. The topological polar surface area (TPSA) is 37.3 Å². The minimum absolute atomic E-state index is 0. The van der Waals surface area contributed by atoms with Gasteiger partial charge in [-0.3, -0.25) is 4.79 Å². The predicted octanol–water partition coefficient (Wildman–Crippen LogP) is -0.596. The summed E-state index contributed by atoms with van der Waals surface area (Å²) in [5, 5.41) is 8.37. The van der Waals surface area contributed by atoms with E-state index in [0.717, 1.165) is 12.8 Å². The summed E-state index contributed by atoms with van der Waals surface area (Å²) in [5.41, 5.74) is 0.193. The summed E-state index contributed by atoms with van der Waals surface area (Å²) in [6.45, 7) is 6.27. The largest absolute Gasteiger partial charge is 1.00 e. The van der Waals surface area contributed by atoms with Gasteiger partial charge in [0.15, 0.2) is 0 Å². The molecule has 0 saturated heterocycles. The SMILES string of the molecule is CCC(C)(C)CCC(=O)O.[H-].[K+]. The fraction of sp³-hybridized carbons (Fsp3) is 0.875. The molecule has 1 N–H and O–H groups in total. The molecular formula is C8H17KO2. The van der Waals surface area contributed by atoms with Crippen LogP contribution in [0.5, 0.6) is 0 Å². The zero-order chi connectivity index (χ0) is 8.20. The summed E-state index contributed by atoms with van der Waals surface area (Å²) in [6, 6.07) is 0. The molecule has 3 heteroatoms. The second-order valence-corrected chi connectivity index (χ2v) is 3.41. The summed E-state index contributed by atoms with van der Waals surface area (Å²) in [5.74, 6) is -0.693. The van der Waals surface area contributed by atoms with E-state index in [-0.39, 0.29) is 58.2 Å². The molecule has 0 radical (unpaired) electrons. The molecule has 0 amide bonds. The smallest absolute Gasteiger partial charge is 1.00 e. The molecular weight excluding hydrogens is 167 g/mol. The van der Waals surface area contributed by atoms with Gasteiger partial charge in [0.1, 0.15) is 0 Å². The van der Waals surface area contributed by atoms with Gasteiger partial charge in [-0.2, -0.15) is 0 Å². The van der Waals surface area contributed by atoms with Gasteiger partial charge in [-0.15, -0.1) is 0 Å². The second kappa shape index (κ2) is 6.60. The summed E-state index contributed by atoms with van der Waals surface area (Å²) < 4.78 is 0. The van der Waals surface area contributed by atoms with E-state index in [1.807, 2.05) is 0 Å². The zero-order valence-electron chi connectivity index (χ0n) is 8.98. The number of hydrogen-bond acceptors (Lipinski definition) is 1. The van der Waals surface area contributed by atoms with Crippen LogP contribution in [0.1, 0.15) is 41.5 Å². The maximum absolute atomic E-state index is 10.2. The Morgan fingerprint density at radius 2 is 2.00 bits per heavy atom. The van der Waals surface area contributed by atoms with Crippen molar-refractivity contribution in [3.63, 3.8) is 0 Å². The maximum atomic E-state index is 10.2. The second-order valence-electron chi connectivity index (χ2n) is 3.41. The minimum atomic E-state index is -0.693. The Morgan fingerprint density at radius 1 is 1.55 bits per heavy atom. The fourth-order valence-electron chi connectivity index (χ4n) is 0.622. The number of carbonyl (C=O) groups is 1. The van der Waals surface area contributed by atoms with Crippen LogP contribution in [0.15, 0.2) is 0 Å². The minimum Gasteiger partial charge on any atom is -1.00 e. The van der Waals surface area contributed by atoms with Crippen molar-refractivity contribution in [1.82, 2.24) is 0 Å². The average Bonchev–Trinajstić information content (AvgIpc) is 1.85. The van der Waals surface area contributed by atoms with E-state index >= 15 is 0 Å². The molecule has 0 bridgehead atoms. The van der Waals surface area contributed by atoms with Crippen molar-refractivity contribution in [2.24, 2.45) is 5.41 Å². The molecule has 2 nitrogen and oxygen atoms in total. The molecule has 0 aliphatic heterocycles. The monoisotopic (exact) mass is 184 g/mol. The van der Waals surface area contributed by atoms with Gasteiger partial charge in [0.25, 0.3) is 0 Å². The predicted molar refractivity (Wildman–Crippen MR) is 42.1 cm³/mol. The normalized spacial score (nSPS) is 10.5. The van der Waals surface area contributed by atoms with E-state index in [1.54, 1.807) is 0 Å². The third-order valence-electron chi connectivity index (χ3n) is 1.97. The molecule has 0 aromatic carbocycles. The summed E-state index contributed by atoms with van der Waals surface area (Å²) in [7, 11) is 0. The van der Waals surface area contributed by atoms with Gasteiger partial charge in [0.05, 0.1) is 0 Å². The third kappa shape index (κ3) is 9.02. The number of hydrogen-bond donors (Lipinski definition) is 1. The van der Waals surface area contributed by atoms with E-state index in [9.17, 15) is 4.79 Å². The molecule has 0 aromatic rings. The van der Waals surface area contributed by atoms with Crippen molar-refractivity contribution < 1.29 is 62.7 Å². The van der Waals surface area contributed by atoms with Crippen molar-refractivity contribution in [1.29, 1.82) is 0 Å². The van der Waals surface area contributed by atoms with Crippen LogP contribution < -0.4 is 51.4 Å². The molecule has 0 aliphatic carbocycles. The van der Waals surface area contributed by atoms with Crippen LogP contribution in [0.4, 0.5) is 0 Å². The van der Waals surface area contributed by atoms with Crippen LogP contribution in [0, 0.1) is 5.41 Å². The van der Waals surface area contributed by atoms with Crippen molar-refractivity contribution >= 4 is 5.97 Å². The Morgan fingerprint density at radius 3 is 2.27 bits per heavy atom. The van der Waals surface area contributed by atoms with Crippen LogP contribution in [0.25, 0.3) is 0 Å². The first-order valence-corrected chi connectivity index (χ1v) is 3.70. The maximum Gasteiger partial charge on any atom is 1.00 e. The molecule has 0 atom stereocenters. The van der Waals surface area contributed by atoms with Gasteiger partial charge in [0, 0.05) is 6.42 Å². The van der Waals surface area contributed by atoms with E-state index in [0.29, 0.717) is 6.42 Å². The molecule has 0 aliphatic rings. The van der Waals surface area contributed by atoms with Gasteiger partial charge >= 0.3 is 57.4 Å². The van der Waals surface area contributed by atoms with E-state index < -0.39 is 5.97 Å². The van der Waals surface area contributed by atoms with Crippen LogP contribution in [0.2, 0.25) is 0 Å². The van der Waals surface area contributed by atoms with Crippen LogP contribution in [-0.2, 0) is 4.79 Å². The quantitative estimate of drug-likeness (QED) is 0.593. The zero-order valence-corrected chi connectivity index (χ0v) is 11.1. The Bertz CT molecular complexity index is 126. The number of carboxylic acids is 1. The Kier molecular flexibility index (Phi) is 8.78. The third-order valence-corrected chi connectivity index (χ3v) is 1.97. The molecule has 0 rings (SSSR count). The fourth-order valence-corrected chi connectivity index (χ4v) is 0.622. The molecule has 0 heterocycles. The number of aliphatic carboxylic acids is 1. The Balaban J connectivity index is -0.000000405. The van der Waals surface area contributed by atoms with Crippen molar-refractivity contribution in [3.8, 4) is 0 Å². The van der Waals surface area contributed by atoms with E-state index in [4.69, 9.17) is 5.11 Å². The van der Waals surface area contributed by atoms with E-state index in [1.165, 1.54) is 0 Å². The van der Waals surface area contributed by atoms with E-state index in [2.05, 4.69) is 20.8 Å². The molecule has 0 unspecified atom stereocenters. The van der Waals surface area contributed by atoms with Gasteiger partial charge in [0.2, 0.25) is 0 Å². The van der Waals surface area contributed by atoms with Crippen molar-refractivity contribution in [2.75, 3.05) is 0 Å². The van der Waals surface area contributed by atoms with Crippen molar-refractivity contribution in [3.05, 3.63) is 0 Å². The summed E-state index contributed by atoms with van der Waals surface area (Å²) >= 11 is 0. The van der Waals surface area contributed by atoms with Crippen LogP contribution in [0.3, 0.4) is 0 Å². The summed E-state index contributed by atoms with van der Waals surface area (Å²) in [4.78, 5) is 10.2. The van der Waals surface area contributed by atoms with Gasteiger partial charge in [-0.05, 0) is 11.8 Å². The van der Waals surface area contributed by atoms with Gasteiger partial charge in [-0.25, -0.2) is 0 Å². The molecule has 0 aromatic heterocycles. The Hall–Kier alpha value is 1.11.